The molecule has 2 unspecified atom stereocenters. The molecule has 0 aliphatic rings. The number of amides is 1. The Balaban J connectivity index is 0.00000400. The van der Waals surface area contributed by atoms with Gasteiger partial charge in [-0.2, -0.15) is 5.26 Å². The third-order valence-corrected chi connectivity index (χ3v) is 6.58. The molecule has 0 aliphatic heterocycles. The molecule has 0 fully saturated rings. The fraction of sp³-hybridized carbons (Fsp3) is 0.188. The summed E-state index contributed by atoms with van der Waals surface area (Å²) in [5.74, 6) is -0.429. The van der Waals surface area contributed by atoms with Gasteiger partial charge in [-0.3, -0.25) is 4.79 Å². The predicted molar refractivity (Wildman–Crippen MR) is 147 cm³/mol. The van der Waals surface area contributed by atoms with Gasteiger partial charge in [0.2, 0.25) is 0 Å². The van der Waals surface area contributed by atoms with E-state index in [1.165, 1.54) is 0 Å². The van der Waals surface area contributed by atoms with Gasteiger partial charge in [0.05, 0.1) is 11.6 Å². The van der Waals surface area contributed by atoms with E-state index in [0.717, 1.165) is 27.8 Å². The molecule has 0 spiro atoms. The zero-order chi connectivity index (χ0) is 26.0. The van der Waals surface area contributed by atoms with Gasteiger partial charge in [-0.25, -0.2) is 0 Å². The first-order chi connectivity index (χ1) is 18.1. The summed E-state index contributed by atoms with van der Waals surface area (Å²) in [7, 11) is 0. The van der Waals surface area contributed by atoms with E-state index < -0.39 is 0 Å². The van der Waals surface area contributed by atoms with Crippen molar-refractivity contribution in [3.63, 3.8) is 0 Å². The van der Waals surface area contributed by atoms with Crippen molar-refractivity contribution >= 4 is 5.91 Å². The monoisotopic (exact) mass is 715 g/mol. The number of hydrogen-bond donors (Lipinski definition) is 2. The molecule has 6 heteroatoms. The van der Waals surface area contributed by atoms with Crippen molar-refractivity contribution in [3.05, 3.63) is 137 Å². The molecule has 2 atom stereocenters. The molecule has 3 N–H and O–H groups in total. The fourth-order valence-electron chi connectivity index (χ4n) is 4.53. The summed E-state index contributed by atoms with van der Waals surface area (Å²) in [6, 6.07) is 34.5. The number of carbonyl (C=O) groups excluding carboxylic acids is 1. The van der Waals surface area contributed by atoms with Crippen LogP contribution in [0.4, 0.5) is 0 Å². The first kappa shape index (κ1) is 29.8. The van der Waals surface area contributed by atoms with Crippen molar-refractivity contribution in [3.8, 4) is 17.2 Å². The Morgan fingerprint density at radius 2 is 1.50 bits per heavy atom. The van der Waals surface area contributed by atoms with Crippen molar-refractivity contribution in [2.24, 2.45) is 5.92 Å². The van der Waals surface area contributed by atoms with Crippen LogP contribution in [0, 0.1) is 61.3 Å². The Morgan fingerprint density at radius 1 is 0.816 bits per heavy atom. The Hall–Kier alpha value is -2.80. The van der Waals surface area contributed by atoms with Crippen LogP contribution in [0.5, 0.6) is 0 Å². The molecule has 0 heterocycles. The van der Waals surface area contributed by atoms with Crippen LogP contribution in [-0.4, -0.2) is 23.7 Å². The number of aliphatic hydroxyl groups excluding tert-OH is 1. The summed E-state index contributed by atoms with van der Waals surface area (Å²) >= 11 is 0. The SMILES string of the molecule is N#Cc1cccc(CC(CO)C(Cc2ccccc2)NC(=O)c2ccc(-c3cccc(C[NH-])c3)cc2)c1.[Ac]. The Bertz CT molecular complexity index is 1370. The second-order valence-corrected chi connectivity index (χ2v) is 9.18. The Labute approximate surface area is 260 Å². The Morgan fingerprint density at radius 3 is 2.18 bits per heavy atom. The smallest absolute Gasteiger partial charge is 0.251 e. The molecule has 0 saturated carbocycles. The van der Waals surface area contributed by atoms with E-state index >= 15 is 0 Å². The summed E-state index contributed by atoms with van der Waals surface area (Å²) in [6.45, 7) is 0.129. The standard InChI is InChI=1S/C32H30N3O2.Ac/c33-20-25-9-4-8-24(16-25)17-30(22-36)31(19-23-6-2-1-3-7-23)35-32(37)28-14-12-27(13-15-28)29-11-5-10-26(18-29)21-34;/h1-16,18,30-31,34,36H,17,19,21-22H2,(H,35,37);/q-1;. The average molecular weight is 716 g/mol. The predicted octanol–water partition coefficient (Wildman–Crippen LogP) is 5.97. The molecule has 0 aliphatic carbocycles. The van der Waals surface area contributed by atoms with E-state index in [4.69, 9.17) is 5.73 Å². The summed E-state index contributed by atoms with van der Waals surface area (Å²) in [4.78, 5) is 13.3. The van der Waals surface area contributed by atoms with Gasteiger partial charge >= 0.3 is 0 Å². The maximum Gasteiger partial charge on any atom is 0.251 e. The van der Waals surface area contributed by atoms with Gasteiger partial charge in [-0.15, -0.1) is 6.54 Å². The van der Waals surface area contributed by atoms with Crippen molar-refractivity contribution in [1.82, 2.24) is 5.32 Å². The van der Waals surface area contributed by atoms with Crippen LogP contribution in [0.25, 0.3) is 16.9 Å². The van der Waals surface area contributed by atoms with Gasteiger partial charge in [-0.05, 0) is 59.4 Å². The topological polar surface area (TPSA) is 96.9 Å². The van der Waals surface area contributed by atoms with E-state index in [1.54, 1.807) is 6.07 Å². The number of carbonyl (C=O) groups is 1. The summed E-state index contributed by atoms with van der Waals surface area (Å²) < 4.78 is 0. The van der Waals surface area contributed by atoms with Crippen molar-refractivity contribution in [2.75, 3.05) is 6.61 Å². The minimum Gasteiger partial charge on any atom is -0.674 e. The number of aliphatic hydroxyl groups is 1. The average Bonchev–Trinajstić information content (AvgIpc) is 2.96. The molecule has 189 valence electrons. The first-order valence-electron chi connectivity index (χ1n) is 12.4. The van der Waals surface area contributed by atoms with Crippen LogP contribution < -0.4 is 5.32 Å². The number of nitrogens with zero attached hydrogens (tertiary/aromatic N) is 1. The molecule has 4 rings (SSSR count). The zero-order valence-corrected chi connectivity index (χ0v) is 25.9. The van der Waals surface area contributed by atoms with Crippen LogP contribution in [-0.2, 0) is 19.4 Å². The zero-order valence-electron chi connectivity index (χ0n) is 21.2. The molecule has 0 bridgehead atoms. The summed E-state index contributed by atoms with van der Waals surface area (Å²) in [6.07, 6.45) is 1.11. The summed E-state index contributed by atoms with van der Waals surface area (Å²) in [5, 5.41) is 22.7. The molecule has 0 aromatic heterocycles. The Kier molecular flexibility index (Phi) is 11.7. The molecule has 38 heavy (non-hydrogen) atoms. The molecule has 1 radical (unpaired) electrons. The maximum absolute atomic E-state index is 13.3. The largest absolute Gasteiger partial charge is 0.674 e. The minimum atomic E-state index is -0.306. The van der Waals surface area contributed by atoms with Crippen molar-refractivity contribution in [1.29, 1.82) is 5.26 Å². The van der Waals surface area contributed by atoms with Gasteiger partial charge < -0.3 is 16.2 Å². The van der Waals surface area contributed by atoms with Crippen LogP contribution in [0.1, 0.15) is 32.6 Å². The fourth-order valence-corrected chi connectivity index (χ4v) is 4.53. The normalized spacial score (nSPS) is 12.0. The van der Waals surface area contributed by atoms with Crippen LogP contribution in [0.15, 0.2) is 103 Å². The number of nitriles is 1. The maximum atomic E-state index is 13.3. The van der Waals surface area contributed by atoms with Gasteiger partial charge in [0.15, 0.2) is 0 Å². The molecule has 4 aromatic rings. The third kappa shape index (κ3) is 8.10. The van der Waals surface area contributed by atoms with E-state index in [-0.39, 0.29) is 75.1 Å². The van der Waals surface area contributed by atoms with Crippen LogP contribution >= 0.6 is 0 Å². The molecule has 0 saturated heterocycles. The number of nitrogens with one attached hydrogen (secondary N) is 2. The summed E-state index contributed by atoms with van der Waals surface area (Å²) in [5.41, 5.74) is 13.7. The first-order valence-corrected chi connectivity index (χ1v) is 12.4. The van der Waals surface area contributed by atoms with E-state index in [0.29, 0.717) is 24.0 Å². The minimum absolute atomic E-state index is 0. The van der Waals surface area contributed by atoms with Gasteiger partial charge in [0.1, 0.15) is 0 Å². The van der Waals surface area contributed by atoms with E-state index in [2.05, 4.69) is 11.4 Å². The second kappa shape index (κ2) is 15.0. The molecule has 5 nitrogen and oxygen atoms in total. The van der Waals surface area contributed by atoms with E-state index in [1.807, 2.05) is 97.1 Å². The quantitative estimate of drug-likeness (QED) is 0.212. The van der Waals surface area contributed by atoms with Crippen molar-refractivity contribution < 1.29 is 54.0 Å². The van der Waals surface area contributed by atoms with Gasteiger partial charge in [-0.1, -0.05) is 84.4 Å². The van der Waals surface area contributed by atoms with Crippen LogP contribution in [0.2, 0.25) is 0 Å². The number of rotatable bonds is 10. The number of hydrogen-bond acceptors (Lipinski definition) is 3. The molecule has 1 amide bonds. The van der Waals surface area contributed by atoms with Gasteiger partial charge in [0.25, 0.3) is 5.91 Å². The number of benzene rings is 4. The molecule has 4 aromatic carbocycles. The molecular formula is C32H30AcN3O2-. The van der Waals surface area contributed by atoms with Crippen molar-refractivity contribution in [2.45, 2.75) is 25.4 Å². The molecular weight excluding hydrogens is 685 g/mol. The second-order valence-electron chi connectivity index (χ2n) is 9.18. The van der Waals surface area contributed by atoms with Crippen LogP contribution in [0.3, 0.4) is 0 Å². The van der Waals surface area contributed by atoms with E-state index in [9.17, 15) is 15.2 Å². The van der Waals surface area contributed by atoms with Gasteiger partial charge in [0, 0.05) is 68.2 Å². The third-order valence-electron chi connectivity index (χ3n) is 6.58.